The molecular weight excluding hydrogens is 208 g/mol. The van der Waals surface area contributed by atoms with Gasteiger partial charge in [0.25, 0.3) is 0 Å². The van der Waals surface area contributed by atoms with Gasteiger partial charge >= 0.3 is 5.97 Å². The summed E-state index contributed by atoms with van der Waals surface area (Å²) in [7, 11) is 1.59. The van der Waals surface area contributed by atoms with Gasteiger partial charge in [0.05, 0.1) is 12.7 Å². The number of methoxy groups -OCH3 is 1. The molecule has 16 heavy (non-hydrogen) atoms. The average Bonchev–Trinajstić information content (AvgIpc) is 2.23. The lowest BCUT2D eigenvalue weighted by Gasteiger charge is -2.19. The zero-order valence-corrected chi connectivity index (χ0v) is 10.6. The molecule has 0 radical (unpaired) electrons. The Hall–Kier alpha value is -0.900. The van der Waals surface area contributed by atoms with E-state index in [-0.39, 0.29) is 23.8 Å². The first-order valence-corrected chi connectivity index (χ1v) is 5.71. The first kappa shape index (κ1) is 15.1. The second-order valence-electron chi connectivity index (χ2n) is 3.86. The Morgan fingerprint density at radius 2 is 1.94 bits per heavy atom. The largest absolute Gasteiger partial charge is 0.466 e. The van der Waals surface area contributed by atoms with Crippen LogP contribution >= 0.6 is 0 Å². The third-order valence-electron chi connectivity index (χ3n) is 2.66. The maximum Gasteiger partial charge on any atom is 0.305 e. The number of carbonyl (C=O) groups is 2. The van der Waals surface area contributed by atoms with Crippen molar-refractivity contribution >= 4 is 11.8 Å². The van der Waals surface area contributed by atoms with Crippen LogP contribution in [0.1, 0.15) is 40.0 Å². The van der Waals surface area contributed by atoms with E-state index in [2.05, 4.69) is 0 Å². The van der Waals surface area contributed by atoms with Gasteiger partial charge in [-0.25, -0.2) is 0 Å². The van der Waals surface area contributed by atoms with E-state index >= 15 is 0 Å². The molecule has 0 saturated heterocycles. The van der Waals surface area contributed by atoms with Crippen LogP contribution in [0.3, 0.4) is 0 Å². The summed E-state index contributed by atoms with van der Waals surface area (Å²) in [5, 5.41) is 0. The molecule has 0 aromatic heterocycles. The predicted molar refractivity (Wildman–Crippen MR) is 61.1 cm³/mol. The third-order valence-corrected chi connectivity index (χ3v) is 2.66. The standard InChI is InChI=1S/C12H22O4/c1-5-16-12(14)8-6-7-11(9(2)13)10(3)15-4/h10-11H,5-8H2,1-4H3. The molecule has 0 aromatic carbocycles. The van der Waals surface area contributed by atoms with E-state index in [0.717, 1.165) is 0 Å². The number of ether oxygens (including phenoxy) is 2. The fraction of sp³-hybridized carbons (Fsp3) is 0.833. The molecule has 0 aliphatic heterocycles. The molecule has 4 nitrogen and oxygen atoms in total. The van der Waals surface area contributed by atoms with Crippen molar-refractivity contribution in [2.24, 2.45) is 5.92 Å². The maximum atomic E-state index is 11.3. The molecule has 0 heterocycles. The predicted octanol–water partition coefficient (Wildman–Crippen LogP) is 1.96. The molecule has 2 unspecified atom stereocenters. The quantitative estimate of drug-likeness (QED) is 0.598. The lowest BCUT2D eigenvalue weighted by Crippen LogP contribution is -2.26. The second-order valence-corrected chi connectivity index (χ2v) is 3.86. The zero-order chi connectivity index (χ0) is 12.6. The Balaban J connectivity index is 3.94. The number of esters is 1. The molecule has 0 amide bonds. The fourth-order valence-corrected chi connectivity index (χ4v) is 1.63. The number of rotatable bonds is 8. The molecule has 0 bridgehead atoms. The maximum absolute atomic E-state index is 11.3. The minimum absolute atomic E-state index is 0.0975. The van der Waals surface area contributed by atoms with Crippen molar-refractivity contribution in [1.29, 1.82) is 0 Å². The van der Waals surface area contributed by atoms with Gasteiger partial charge in [0.15, 0.2) is 0 Å². The van der Waals surface area contributed by atoms with Crippen molar-refractivity contribution < 1.29 is 19.1 Å². The van der Waals surface area contributed by atoms with Gasteiger partial charge in [-0.2, -0.15) is 0 Å². The fourth-order valence-electron chi connectivity index (χ4n) is 1.63. The van der Waals surface area contributed by atoms with Crippen molar-refractivity contribution in [1.82, 2.24) is 0 Å². The highest BCUT2D eigenvalue weighted by Gasteiger charge is 2.21. The van der Waals surface area contributed by atoms with Crippen LogP contribution in [0.25, 0.3) is 0 Å². The zero-order valence-electron chi connectivity index (χ0n) is 10.6. The Morgan fingerprint density at radius 1 is 1.31 bits per heavy atom. The van der Waals surface area contributed by atoms with Crippen molar-refractivity contribution in [3.63, 3.8) is 0 Å². The summed E-state index contributed by atoms with van der Waals surface area (Å²) in [5.74, 6) is -0.215. The third kappa shape index (κ3) is 5.85. The second kappa shape index (κ2) is 8.28. The molecule has 0 aliphatic rings. The number of Topliss-reactive ketones (excluding diaryl/α,β-unsaturated/α-hetero) is 1. The summed E-state index contributed by atoms with van der Waals surface area (Å²) in [5.41, 5.74) is 0. The topological polar surface area (TPSA) is 52.6 Å². The van der Waals surface area contributed by atoms with Gasteiger partial charge in [-0.3, -0.25) is 9.59 Å². The van der Waals surface area contributed by atoms with E-state index in [1.54, 1.807) is 21.0 Å². The monoisotopic (exact) mass is 230 g/mol. The molecule has 0 saturated carbocycles. The lowest BCUT2D eigenvalue weighted by molar-refractivity contribution is -0.143. The molecule has 0 N–H and O–H groups in total. The molecule has 94 valence electrons. The summed E-state index contributed by atoms with van der Waals surface area (Å²) in [6, 6.07) is 0. The Labute approximate surface area is 97.3 Å². The Morgan fingerprint density at radius 3 is 2.38 bits per heavy atom. The van der Waals surface area contributed by atoms with E-state index in [4.69, 9.17) is 9.47 Å². The van der Waals surface area contributed by atoms with Crippen LogP contribution in [0, 0.1) is 5.92 Å². The van der Waals surface area contributed by atoms with E-state index in [0.29, 0.717) is 25.9 Å². The summed E-state index contributed by atoms with van der Waals surface area (Å²) in [6.07, 6.45) is 1.60. The summed E-state index contributed by atoms with van der Waals surface area (Å²) < 4.78 is 9.96. The van der Waals surface area contributed by atoms with E-state index in [1.165, 1.54) is 0 Å². The van der Waals surface area contributed by atoms with Crippen LogP contribution in [0.15, 0.2) is 0 Å². The van der Waals surface area contributed by atoms with Gasteiger partial charge in [0.2, 0.25) is 0 Å². The van der Waals surface area contributed by atoms with Gasteiger partial charge in [-0.15, -0.1) is 0 Å². The van der Waals surface area contributed by atoms with Crippen LogP contribution in [0.4, 0.5) is 0 Å². The summed E-state index contributed by atoms with van der Waals surface area (Å²) >= 11 is 0. The normalized spacial score (nSPS) is 14.2. The minimum Gasteiger partial charge on any atom is -0.466 e. The molecular formula is C12H22O4. The average molecular weight is 230 g/mol. The van der Waals surface area contributed by atoms with Crippen molar-refractivity contribution in [3.8, 4) is 0 Å². The SMILES string of the molecule is CCOC(=O)CCCC(C(C)=O)C(C)OC. The van der Waals surface area contributed by atoms with E-state index < -0.39 is 0 Å². The number of ketones is 1. The van der Waals surface area contributed by atoms with Crippen LogP contribution in [-0.2, 0) is 19.1 Å². The molecule has 0 aromatic rings. The highest BCUT2D eigenvalue weighted by Crippen LogP contribution is 2.16. The summed E-state index contributed by atoms with van der Waals surface area (Å²) in [4.78, 5) is 22.4. The first-order valence-electron chi connectivity index (χ1n) is 5.71. The van der Waals surface area contributed by atoms with Crippen LogP contribution in [0.2, 0.25) is 0 Å². The van der Waals surface area contributed by atoms with Crippen LogP contribution < -0.4 is 0 Å². The van der Waals surface area contributed by atoms with E-state index in [1.807, 2.05) is 6.92 Å². The van der Waals surface area contributed by atoms with Crippen molar-refractivity contribution in [3.05, 3.63) is 0 Å². The summed E-state index contributed by atoms with van der Waals surface area (Å²) in [6.45, 7) is 5.62. The lowest BCUT2D eigenvalue weighted by atomic mass is 9.93. The van der Waals surface area contributed by atoms with Gasteiger partial charge in [0, 0.05) is 19.4 Å². The van der Waals surface area contributed by atoms with Gasteiger partial charge in [0.1, 0.15) is 5.78 Å². The first-order chi connectivity index (χ1) is 7.52. The molecule has 0 rings (SSSR count). The number of hydrogen-bond donors (Lipinski definition) is 0. The van der Waals surface area contributed by atoms with Gasteiger partial charge < -0.3 is 9.47 Å². The highest BCUT2D eigenvalue weighted by molar-refractivity contribution is 5.78. The van der Waals surface area contributed by atoms with E-state index in [9.17, 15) is 9.59 Å². The van der Waals surface area contributed by atoms with Gasteiger partial charge in [-0.05, 0) is 33.6 Å². The number of carbonyl (C=O) groups excluding carboxylic acids is 2. The minimum atomic E-state index is -0.199. The van der Waals surface area contributed by atoms with Crippen molar-refractivity contribution in [2.75, 3.05) is 13.7 Å². The van der Waals surface area contributed by atoms with Crippen LogP contribution in [0.5, 0.6) is 0 Å². The molecule has 0 aliphatic carbocycles. The molecule has 4 heteroatoms. The smallest absolute Gasteiger partial charge is 0.305 e. The van der Waals surface area contributed by atoms with Crippen LogP contribution in [-0.4, -0.2) is 31.6 Å². The molecule has 0 fully saturated rings. The molecule has 2 atom stereocenters. The Kier molecular flexibility index (Phi) is 7.81. The number of hydrogen-bond acceptors (Lipinski definition) is 4. The van der Waals surface area contributed by atoms with Gasteiger partial charge in [-0.1, -0.05) is 0 Å². The Bertz CT molecular complexity index is 225. The van der Waals surface area contributed by atoms with Crippen molar-refractivity contribution in [2.45, 2.75) is 46.1 Å². The highest BCUT2D eigenvalue weighted by atomic mass is 16.5. The molecule has 0 spiro atoms.